The van der Waals surface area contributed by atoms with Crippen LogP contribution in [0.2, 0.25) is 5.54 Å². The second kappa shape index (κ2) is 6.97. The molecule has 1 atom stereocenters. The summed E-state index contributed by atoms with van der Waals surface area (Å²) in [4.78, 5) is 0. The molecule has 116 valence electrons. The van der Waals surface area contributed by atoms with E-state index >= 15 is 0 Å². The molecule has 0 aliphatic carbocycles. The van der Waals surface area contributed by atoms with Crippen molar-refractivity contribution in [1.82, 2.24) is 0 Å². The molecule has 0 radical (unpaired) electrons. The van der Waals surface area contributed by atoms with E-state index in [1.807, 2.05) is 0 Å². The van der Waals surface area contributed by atoms with E-state index in [1.165, 1.54) is 22.0 Å². The Morgan fingerprint density at radius 1 is 0.609 bits per heavy atom. The van der Waals surface area contributed by atoms with Crippen molar-refractivity contribution in [3.05, 3.63) is 91.0 Å². The lowest BCUT2D eigenvalue weighted by Gasteiger charge is -2.38. The zero-order chi connectivity index (χ0) is 16.1. The SMILES string of the molecule is CCC(C)[Si](c1ccccc1)(c1ccccc1)c1ccccc1. The van der Waals surface area contributed by atoms with Gasteiger partial charge in [-0.25, -0.2) is 0 Å². The van der Waals surface area contributed by atoms with E-state index in [0.29, 0.717) is 5.54 Å². The summed E-state index contributed by atoms with van der Waals surface area (Å²) in [5.74, 6) is 0. The van der Waals surface area contributed by atoms with Gasteiger partial charge in [0.15, 0.2) is 8.07 Å². The van der Waals surface area contributed by atoms with Crippen LogP contribution in [0.5, 0.6) is 0 Å². The van der Waals surface area contributed by atoms with Gasteiger partial charge in [-0.1, -0.05) is 111 Å². The third kappa shape index (κ3) is 2.77. The summed E-state index contributed by atoms with van der Waals surface area (Å²) in [7, 11) is -2.03. The molecule has 0 aliphatic heterocycles. The third-order valence-electron chi connectivity index (χ3n) is 5.04. The lowest BCUT2D eigenvalue weighted by atomic mass is 10.3. The van der Waals surface area contributed by atoms with Crippen molar-refractivity contribution in [2.24, 2.45) is 0 Å². The molecule has 0 N–H and O–H groups in total. The Hall–Kier alpha value is -2.12. The van der Waals surface area contributed by atoms with Crippen LogP contribution in [0.15, 0.2) is 91.0 Å². The molecule has 1 unspecified atom stereocenters. The van der Waals surface area contributed by atoms with Crippen LogP contribution in [0.25, 0.3) is 0 Å². The average Bonchev–Trinajstić information content (AvgIpc) is 2.65. The number of benzene rings is 3. The monoisotopic (exact) mass is 316 g/mol. The molecule has 0 aliphatic rings. The minimum atomic E-state index is -2.03. The molecule has 0 nitrogen and oxygen atoms in total. The minimum absolute atomic E-state index is 0.634. The molecule has 0 fully saturated rings. The van der Waals surface area contributed by atoms with Gasteiger partial charge in [0.1, 0.15) is 0 Å². The molecule has 0 heterocycles. The molecule has 0 amide bonds. The van der Waals surface area contributed by atoms with Crippen LogP contribution in [0.4, 0.5) is 0 Å². The Balaban J connectivity index is 2.35. The molecule has 0 bridgehead atoms. The topological polar surface area (TPSA) is 0 Å². The van der Waals surface area contributed by atoms with Crippen molar-refractivity contribution >= 4 is 23.6 Å². The summed E-state index contributed by atoms with van der Waals surface area (Å²) in [5, 5.41) is 4.52. The predicted molar refractivity (Wildman–Crippen MR) is 104 cm³/mol. The Bertz CT molecular complexity index is 623. The summed E-state index contributed by atoms with van der Waals surface area (Å²) >= 11 is 0. The van der Waals surface area contributed by atoms with Gasteiger partial charge in [0.2, 0.25) is 0 Å². The fourth-order valence-corrected chi connectivity index (χ4v) is 9.24. The lowest BCUT2D eigenvalue weighted by molar-refractivity contribution is 0.857. The van der Waals surface area contributed by atoms with Gasteiger partial charge in [-0.05, 0) is 21.1 Å². The maximum atomic E-state index is 2.43. The van der Waals surface area contributed by atoms with Crippen LogP contribution in [0.1, 0.15) is 20.3 Å². The van der Waals surface area contributed by atoms with Crippen molar-refractivity contribution < 1.29 is 0 Å². The highest BCUT2D eigenvalue weighted by molar-refractivity contribution is 7.12. The minimum Gasteiger partial charge on any atom is -0.0654 e. The summed E-state index contributed by atoms with van der Waals surface area (Å²) in [6.07, 6.45) is 1.19. The average molecular weight is 317 g/mol. The van der Waals surface area contributed by atoms with E-state index in [0.717, 1.165) is 0 Å². The first-order valence-electron chi connectivity index (χ1n) is 8.46. The number of rotatable bonds is 5. The van der Waals surface area contributed by atoms with Crippen LogP contribution < -0.4 is 15.6 Å². The van der Waals surface area contributed by atoms with Gasteiger partial charge in [-0.3, -0.25) is 0 Å². The maximum Gasteiger partial charge on any atom is 0.150 e. The normalized spacial score (nSPS) is 12.8. The zero-order valence-corrected chi connectivity index (χ0v) is 14.9. The standard InChI is InChI=1S/C22H24Si/c1-3-19(2)23(20-13-7-4-8-14-20,21-15-9-5-10-16-21)22-17-11-6-12-18-22/h4-19H,3H2,1-2H3. The van der Waals surface area contributed by atoms with Gasteiger partial charge in [0.25, 0.3) is 0 Å². The van der Waals surface area contributed by atoms with Crippen LogP contribution in [-0.2, 0) is 0 Å². The van der Waals surface area contributed by atoms with E-state index in [-0.39, 0.29) is 0 Å². The molecule has 3 aromatic carbocycles. The van der Waals surface area contributed by atoms with E-state index in [1.54, 1.807) is 0 Å². The first kappa shape index (κ1) is 15.8. The van der Waals surface area contributed by atoms with Gasteiger partial charge in [-0.15, -0.1) is 0 Å². The number of hydrogen-bond donors (Lipinski definition) is 0. The van der Waals surface area contributed by atoms with Crippen molar-refractivity contribution in [3.63, 3.8) is 0 Å². The highest BCUT2D eigenvalue weighted by atomic mass is 28.3. The first-order chi connectivity index (χ1) is 11.3. The Labute approximate surface area is 140 Å². The third-order valence-corrected chi connectivity index (χ3v) is 10.7. The first-order valence-corrected chi connectivity index (χ1v) is 10.5. The van der Waals surface area contributed by atoms with E-state index < -0.39 is 8.07 Å². The summed E-state index contributed by atoms with van der Waals surface area (Å²) in [6.45, 7) is 4.75. The fourth-order valence-electron chi connectivity index (χ4n) is 3.76. The van der Waals surface area contributed by atoms with Gasteiger partial charge in [-0.2, -0.15) is 0 Å². The van der Waals surface area contributed by atoms with Crippen LogP contribution >= 0.6 is 0 Å². The molecule has 0 aromatic heterocycles. The van der Waals surface area contributed by atoms with E-state index in [2.05, 4.69) is 105 Å². The van der Waals surface area contributed by atoms with Crippen molar-refractivity contribution in [2.45, 2.75) is 25.8 Å². The van der Waals surface area contributed by atoms with Crippen LogP contribution in [0.3, 0.4) is 0 Å². The van der Waals surface area contributed by atoms with Gasteiger partial charge < -0.3 is 0 Å². The summed E-state index contributed by atoms with van der Waals surface area (Å²) in [6, 6.07) is 33.5. The van der Waals surface area contributed by atoms with Gasteiger partial charge in [0.05, 0.1) is 0 Å². The van der Waals surface area contributed by atoms with E-state index in [9.17, 15) is 0 Å². The van der Waals surface area contributed by atoms with E-state index in [4.69, 9.17) is 0 Å². The fraction of sp³-hybridized carbons (Fsp3) is 0.182. The highest BCUT2D eigenvalue weighted by Crippen LogP contribution is 2.25. The molecular weight excluding hydrogens is 292 g/mol. The van der Waals surface area contributed by atoms with Crippen LogP contribution in [-0.4, -0.2) is 8.07 Å². The Kier molecular flexibility index (Phi) is 4.78. The molecular formula is C22H24Si. The molecule has 0 saturated heterocycles. The molecule has 3 aromatic rings. The summed E-state index contributed by atoms with van der Waals surface area (Å²) < 4.78 is 0. The summed E-state index contributed by atoms with van der Waals surface area (Å²) in [5.41, 5.74) is 0.634. The molecule has 0 saturated carbocycles. The Morgan fingerprint density at radius 2 is 0.913 bits per heavy atom. The lowest BCUT2D eigenvalue weighted by Crippen LogP contribution is -2.69. The van der Waals surface area contributed by atoms with Crippen molar-refractivity contribution in [1.29, 1.82) is 0 Å². The number of hydrogen-bond acceptors (Lipinski definition) is 0. The quantitative estimate of drug-likeness (QED) is 0.494. The molecule has 1 heteroatoms. The zero-order valence-electron chi connectivity index (χ0n) is 13.9. The highest BCUT2D eigenvalue weighted by Gasteiger charge is 2.43. The maximum absolute atomic E-state index is 2.43. The molecule has 0 spiro atoms. The Morgan fingerprint density at radius 3 is 1.17 bits per heavy atom. The predicted octanol–water partition coefficient (Wildman–Crippen LogP) is 3.96. The second-order valence-corrected chi connectivity index (χ2v) is 10.5. The van der Waals surface area contributed by atoms with Gasteiger partial charge >= 0.3 is 0 Å². The van der Waals surface area contributed by atoms with Crippen molar-refractivity contribution in [3.8, 4) is 0 Å². The molecule has 23 heavy (non-hydrogen) atoms. The van der Waals surface area contributed by atoms with Crippen molar-refractivity contribution in [2.75, 3.05) is 0 Å². The van der Waals surface area contributed by atoms with Crippen LogP contribution in [0, 0.1) is 0 Å². The molecule has 3 rings (SSSR count). The second-order valence-electron chi connectivity index (χ2n) is 6.22. The van der Waals surface area contributed by atoms with Gasteiger partial charge in [0, 0.05) is 0 Å². The largest absolute Gasteiger partial charge is 0.150 e. The smallest absolute Gasteiger partial charge is 0.0654 e.